The van der Waals surface area contributed by atoms with Crippen molar-refractivity contribution >= 4 is 35.2 Å². The SMILES string of the molecule is Cc1cc(/C=C2\C(=O)NC(=S)N(Cc3ccco3)C2=O)c(C)n1C1CCCCC1. The average Bonchev–Trinajstić information content (AvgIpc) is 3.30. The number of aromatic nitrogens is 1. The summed E-state index contributed by atoms with van der Waals surface area (Å²) < 4.78 is 7.69. The highest BCUT2D eigenvalue weighted by molar-refractivity contribution is 7.80. The normalized spacial score (nSPS) is 19.9. The molecular weight excluding hydrogens is 386 g/mol. The van der Waals surface area contributed by atoms with Gasteiger partial charge >= 0.3 is 0 Å². The van der Waals surface area contributed by atoms with Gasteiger partial charge in [-0.1, -0.05) is 19.3 Å². The third-order valence-electron chi connectivity index (χ3n) is 5.84. The molecule has 6 nitrogen and oxygen atoms in total. The molecule has 0 radical (unpaired) electrons. The number of aryl methyl sites for hydroxylation is 1. The Labute approximate surface area is 175 Å². The summed E-state index contributed by atoms with van der Waals surface area (Å²) in [6.07, 6.45) is 9.38. The number of furan rings is 1. The van der Waals surface area contributed by atoms with Crippen LogP contribution < -0.4 is 5.32 Å². The van der Waals surface area contributed by atoms with E-state index in [-0.39, 0.29) is 17.2 Å². The third-order valence-corrected chi connectivity index (χ3v) is 6.17. The summed E-state index contributed by atoms with van der Waals surface area (Å²) >= 11 is 5.21. The first kappa shape index (κ1) is 19.6. The molecule has 1 N–H and O–H groups in total. The lowest BCUT2D eigenvalue weighted by atomic mass is 9.95. The van der Waals surface area contributed by atoms with E-state index in [1.54, 1.807) is 24.5 Å². The van der Waals surface area contributed by atoms with Gasteiger partial charge in [0.2, 0.25) is 0 Å². The molecule has 2 aromatic rings. The van der Waals surface area contributed by atoms with Crippen LogP contribution in [0.5, 0.6) is 0 Å². The van der Waals surface area contributed by atoms with Crippen LogP contribution in [0.4, 0.5) is 0 Å². The van der Waals surface area contributed by atoms with Crippen molar-refractivity contribution in [3.8, 4) is 0 Å². The minimum atomic E-state index is -0.460. The van der Waals surface area contributed by atoms with Crippen LogP contribution in [0.2, 0.25) is 0 Å². The van der Waals surface area contributed by atoms with E-state index in [9.17, 15) is 9.59 Å². The fraction of sp³-hybridized carbons (Fsp3) is 0.409. The number of carbonyl (C=O) groups is 2. The molecular formula is C22H25N3O3S. The second-order valence-electron chi connectivity index (χ2n) is 7.78. The molecule has 0 aromatic carbocycles. The maximum atomic E-state index is 13.0. The van der Waals surface area contributed by atoms with E-state index >= 15 is 0 Å². The molecule has 2 amide bonds. The molecule has 2 aromatic heterocycles. The minimum Gasteiger partial charge on any atom is -0.467 e. The molecule has 2 aliphatic rings. The summed E-state index contributed by atoms with van der Waals surface area (Å²) in [5.74, 6) is -0.262. The van der Waals surface area contributed by atoms with Gasteiger partial charge in [-0.15, -0.1) is 0 Å². The number of nitrogens with zero attached hydrogens (tertiary/aromatic N) is 2. The Bertz CT molecular complexity index is 981. The first-order valence-electron chi connectivity index (χ1n) is 10.1. The van der Waals surface area contributed by atoms with Crippen molar-refractivity contribution in [3.05, 3.63) is 52.7 Å². The van der Waals surface area contributed by atoms with Gasteiger partial charge in [-0.05, 0) is 68.7 Å². The highest BCUT2D eigenvalue weighted by atomic mass is 32.1. The van der Waals surface area contributed by atoms with Crippen molar-refractivity contribution < 1.29 is 14.0 Å². The highest BCUT2D eigenvalue weighted by Gasteiger charge is 2.34. The van der Waals surface area contributed by atoms with Crippen LogP contribution in [-0.4, -0.2) is 26.4 Å². The van der Waals surface area contributed by atoms with Crippen molar-refractivity contribution in [1.82, 2.24) is 14.8 Å². The van der Waals surface area contributed by atoms with Gasteiger partial charge < -0.3 is 8.98 Å². The van der Waals surface area contributed by atoms with Gasteiger partial charge in [0, 0.05) is 17.4 Å². The monoisotopic (exact) mass is 411 g/mol. The quantitative estimate of drug-likeness (QED) is 0.469. The fourth-order valence-electron chi connectivity index (χ4n) is 4.40. The Balaban J connectivity index is 1.65. The van der Waals surface area contributed by atoms with E-state index in [2.05, 4.69) is 29.8 Å². The lowest BCUT2D eigenvalue weighted by Gasteiger charge is -2.28. The Morgan fingerprint density at radius 1 is 1.24 bits per heavy atom. The molecule has 0 spiro atoms. The van der Waals surface area contributed by atoms with Gasteiger partial charge in [-0.2, -0.15) is 0 Å². The van der Waals surface area contributed by atoms with Gasteiger partial charge in [0.1, 0.15) is 11.3 Å². The van der Waals surface area contributed by atoms with Crippen molar-refractivity contribution in [2.75, 3.05) is 0 Å². The summed E-state index contributed by atoms with van der Waals surface area (Å²) in [4.78, 5) is 26.9. The zero-order valence-corrected chi connectivity index (χ0v) is 17.6. The number of hydrogen-bond donors (Lipinski definition) is 1. The van der Waals surface area contributed by atoms with Gasteiger partial charge in [0.25, 0.3) is 11.8 Å². The predicted octanol–water partition coefficient (Wildman–Crippen LogP) is 4.03. The zero-order chi connectivity index (χ0) is 20.5. The van der Waals surface area contributed by atoms with E-state index < -0.39 is 11.8 Å². The molecule has 0 atom stereocenters. The highest BCUT2D eigenvalue weighted by Crippen LogP contribution is 2.33. The Kier molecular flexibility index (Phi) is 5.41. The standard InChI is InChI=1S/C22H25N3O3S/c1-14-11-16(15(2)25(14)17-7-4-3-5-8-17)12-19-20(26)23-22(29)24(21(19)27)13-18-9-6-10-28-18/h6,9-12,17H,3-5,7-8,13H2,1-2H3,(H,23,26,29)/b19-12+. The molecule has 2 fully saturated rings. The second kappa shape index (κ2) is 7.99. The maximum absolute atomic E-state index is 13.0. The van der Waals surface area contributed by atoms with Gasteiger partial charge in [0.15, 0.2) is 5.11 Å². The molecule has 4 rings (SSSR count). The average molecular weight is 412 g/mol. The van der Waals surface area contributed by atoms with Crippen molar-refractivity contribution in [1.29, 1.82) is 0 Å². The second-order valence-corrected chi connectivity index (χ2v) is 8.16. The van der Waals surface area contributed by atoms with Gasteiger partial charge in [-0.25, -0.2) is 0 Å². The fourth-order valence-corrected chi connectivity index (χ4v) is 4.64. The summed E-state index contributed by atoms with van der Waals surface area (Å²) in [6.45, 7) is 4.33. The van der Waals surface area contributed by atoms with Gasteiger partial charge in [-0.3, -0.25) is 19.8 Å². The molecule has 0 bridgehead atoms. The van der Waals surface area contributed by atoms with Crippen LogP contribution >= 0.6 is 12.2 Å². The maximum Gasteiger partial charge on any atom is 0.266 e. The Morgan fingerprint density at radius 3 is 2.69 bits per heavy atom. The van der Waals surface area contributed by atoms with Crippen molar-refractivity contribution in [3.63, 3.8) is 0 Å². The largest absolute Gasteiger partial charge is 0.467 e. The molecule has 7 heteroatoms. The summed E-state index contributed by atoms with van der Waals surface area (Å²) in [5, 5.41) is 2.73. The van der Waals surface area contributed by atoms with E-state index in [4.69, 9.17) is 16.6 Å². The predicted molar refractivity (Wildman–Crippen MR) is 114 cm³/mol. The van der Waals surface area contributed by atoms with Crippen LogP contribution in [0.15, 0.2) is 34.5 Å². The van der Waals surface area contributed by atoms with Crippen LogP contribution in [0.1, 0.15) is 60.9 Å². The number of thiocarbonyl (C=S) groups is 1. The zero-order valence-electron chi connectivity index (χ0n) is 16.7. The van der Waals surface area contributed by atoms with Crippen LogP contribution in [0, 0.1) is 13.8 Å². The number of amides is 2. The van der Waals surface area contributed by atoms with E-state index in [1.807, 2.05) is 0 Å². The number of hydrogen-bond acceptors (Lipinski definition) is 4. The van der Waals surface area contributed by atoms with Crippen LogP contribution in [0.3, 0.4) is 0 Å². The van der Waals surface area contributed by atoms with Crippen molar-refractivity contribution in [2.24, 2.45) is 0 Å². The molecule has 152 valence electrons. The van der Waals surface area contributed by atoms with Gasteiger partial charge in [0.05, 0.1) is 12.8 Å². The molecule has 1 aliphatic heterocycles. The van der Waals surface area contributed by atoms with E-state index in [0.29, 0.717) is 11.8 Å². The Hall–Kier alpha value is -2.67. The van der Waals surface area contributed by atoms with E-state index in [0.717, 1.165) is 17.0 Å². The number of rotatable bonds is 4. The molecule has 1 saturated heterocycles. The van der Waals surface area contributed by atoms with Crippen molar-refractivity contribution in [2.45, 2.75) is 58.5 Å². The minimum absolute atomic E-state index is 0.0917. The Morgan fingerprint density at radius 2 is 2.00 bits per heavy atom. The first-order valence-corrected chi connectivity index (χ1v) is 10.5. The van der Waals surface area contributed by atoms with Crippen LogP contribution in [0.25, 0.3) is 6.08 Å². The number of nitrogens with one attached hydrogen (secondary N) is 1. The summed E-state index contributed by atoms with van der Waals surface area (Å²) in [5.41, 5.74) is 3.24. The number of carbonyl (C=O) groups excluding carboxylic acids is 2. The summed E-state index contributed by atoms with van der Waals surface area (Å²) in [7, 11) is 0. The lowest BCUT2D eigenvalue weighted by Crippen LogP contribution is -2.53. The lowest BCUT2D eigenvalue weighted by molar-refractivity contribution is -0.129. The molecule has 1 saturated carbocycles. The molecule has 0 unspecified atom stereocenters. The smallest absolute Gasteiger partial charge is 0.266 e. The molecule has 1 aliphatic carbocycles. The molecule has 3 heterocycles. The third kappa shape index (κ3) is 3.79. The first-order chi connectivity index (χ1) is 14.0. The molecule has 29 heavy (non-hydrogen) atoms. The van der Waals surface area contributed by atoms with E-state index in [1.165, 1.54) is 37.0 Å². The topological polar surface area (TPSA) is 67.5 Å². The summed E-state index contributed by atoms with van der Waals surface area (Å²) in [6, 6.07) is 6.08. The van der Waals surface area contributed by atoms with Crippen LogP contribution in [-0.2, 0) is 16.1 Å².